The van der Waals surface area contributed by atoms with E-state index < -0.39 is 0 Å². The fourth-order valence-electron chi connectivity index (χ4n) is 2.59. The van der Waals surface area contributed by atoms with Crippen LogP contribution in [-0.4, -0.2) is 54.2 Å². The molecule has 1 fully saturated rings. The SMILES string of the molecule is CN(C)CCn1ncc(Br)c1C(=O)C1(C)CCCNC1. The van der Waals surface area contributed by atoms with Gasteiger partial charge in [-0.2, -0.15) is 5.10 Å². The molecular weight excluding hydrogens is 320 g/mol. The highest BCUT2D eigenvalue weighted by Gasteiger charge is 2.37. The molecule has 2 heterocycles. The number of rotatable bonds is 5. The summed E-state index contributed by atoms with van der Waals surface area (Å²) >= 11 is 3.48. The Kier molecular flexibility index (Phi) is 4.99. The molecule has 1 aromatic heterocycles. The minimum Gasteiger partial charge on any atom is -0.316 e. The van der Waals surface area contributed by atoms with Crippen molar-refractivity contribution in [1.29, 1.82) is 0 Å². The summed E-state index contributed by atoms with van der Waals surface area (Å²) in [5.41, 5.74) is 0.384. The maximum Gasteiger partial charge on any atom is 0.189 e. The lowest BCUT2D eigenvalue weighted by Gasteiger charge is -2.32. The Balaban J connectivity index is 2.22. The highest BCUT2D eigenvalue weighted by Crippen LogP contribution is 2.32. The molecule has 2 rings (SSSR count). The van der Waals surface area contributed by atoms with Crippen LogP contribution in [0.15, 0.2) is 10.7 Å². The minimum atomic E-state index is -0.323. The molecule has 1 unspecified atom stereocenters. The Morgan fingerprint density at radius 1 is 1.60 bits per heavy atom. The highest BCUT2D eigenvalue weighted by molar-refractivity contribution is 9.10. The second kappa shape index (κ2) is 6.37. The summed E-state index contributed by atoms with van der Waals surface area (Å²) in [4.78, 5) is 15.0. The Morgan fingerprint density at radius 3 is 2.95 bits per heavy atom. The van der Waals surface area contributed by atoms with Crippen molar-refractivity contribution in [1.82, 2.24) is 20.0 Å². The largest absolute Gasteiger partial charge is 0.316 e. The lowest BCUT2D eigenvalue weighted by Crippen LogP contribution is -2.44. The van der Waals surface area contributed by atoms with Crippen LogP contribution >= 0.6 is 15.9 Å². The summed E-state index contributed by atoms with van der Waals surface area (Å²) in [6.07, 6.45) is 3.71. The molecular formula is C14H23BrN4O. The Hall–Kier alpha value is -0.720. The van der Waals surface area contributed by atoms with E-state index in [1.54, 1.807) is 6.20 Å². The summed E-state index contributed by atoms with van der Waals surface area (Å²) in [6.45, 7) is 5.39. The van der Waals surface area contributed by atoms with Gasteiger partial charge in [0.2, 0.25) is 0 Å². The summed E-state index contributed by atoms with van der Waals surface area (Å²) in [5.74, 6) is 0.188. The van der Waals surface area contributed by atoms with Crippen molar-refractivity contribution in [3.63, 3.8) is 0 Å². The summed E-state index contributed by atoms with van der Waals surface area (Å²) in [5, 5.41) is 7.67. The zero-order valence-corrected chi connectivity index (χ0v) is 14.0. The van der Waals surface area contributed by atoms with Crippen LogP contribution in [0, 0.1) is 5.41 Å². The molecule has 5 nitrogen and oxygen atoms in total. The lowest BCUT2D eigenvalue weighted by molar-refractivity contribution is 0.0759. The van der Waals surface area contributed by atoms with E-state index in [4.69, 9.17) is 0 Å². The smallest absolute Gasteiger partial charge is 0.189 e. The van der Waals surface area contributed by atoms with Gasteiger partial charge < -0.3 is 10.2 Å². The lowest BCUT2D eigenvalue weighted by atomic mass is 9.78. The summed E-state index contributed by atoms with van der Waals surface area (Å²) in [6, 6.07) is 0. The molecule has 1 saturated heterocycles. The van der Waals surface area contributed by atoms with Gasteiger partial charge in [0.25, 0.3) is 0 Å². The number of carbonyl (C=O) groups excluding carboxylic acids is 1. The van der Waals surface area contributed by atoms with Gasteiger partial charge in [0.05, 0.1) is 17.2 Å². The van der Waals surface area contributed by atoms with E-state index in [-0.39, 0.29) is 11.2 Å². The average Bonchev–Trinajstić information content (AvgIpc) is 2.77. The monoisotopic (exact) mass is 342 g/mol. The van der Waals surface area contributed by atoms with E-state index in [2.05, 4.69) is 38.2 Å². The normalized spacial score (nSPS) is 23.2. The van der Waals surface area contributed by atoms with E-state index >= 15 is 0 Å². The van der Waals surface area contributed by atoms with Crippen molar-refractivity contribution < 1.29 is 4.79 Å². The standard InChI is InChI=1S/C14H23BrN4O/c1-14(5-4-6-16-10-14)13(20)12-11(15)9-17-19(12)8-7-18(2)3/h9,16H,4-8,10H2,1-3H3. The van der Waals surface area contributed by atoms with Gasteiger partial charge in [0, 0.05) is 18.5 Å². The third-order valence-corrected chi connectivity index (χ3v) is 4.49. The number of ketones is 1. The quantitative estimate of drug-likeness (QED) is 0.828. The zero-order valence-electron chi connectivity index (χ0n) is 12.4. The molecule has 0 radical (unpaired) electrons. The van der Waals surface area contributed by atoms with Crippen molar-refractivity contribution in [2.45, 2.75) is 26.3 Å². The van der Waals surface area contributed by atoms with E-state index in [1.165, 1.54) is 0 Å². The van der Waals surface area contributed by atoms with Crippen LogP contribution < -0.4 is 5.32 Å². The van der Waals surface area contributed by atoms with Crippen molar-refractivity contribution in [3.8, 4) is 0 Å². The fraction of sp³-hybridized carbons (Fsp3) is 0.714. The number of hydrogen-bond acceptors (Lipinski definition) is 4. The summed E-state index contributed by atoms with van der Waals surface area (Å²) < 4.78 is 2.62. The molecule has 1 atom stereocenters. The molecule has 6 heteroatoms. The average molecular weight is 343 g/mol. The summed E-state index contributed by atoms with van der Waals surface area (Å²) in [7, 11) is 4.04. The Labute approximate surface area is 128 Å². The maximum atomic E-state index is 12.9. The van der Waals surface area contributed by atoms with E-state index in [9.17, 15) is 4.79 Å². The maximum absolute atomic E-state index is 12.9. The second-order valence-electron chi connectivity index (χ2n) is 6.04. The van der Waals surface area contributed by atoms with Crippen molar-refractivity contribution in [2.24, 2.45) is 5.41 Å². The topological polar surface area (TPSA) is 50.2 Å². The first-order valence-corrected chi connectivity index (χ1v) is 7.85. The van der Waals surface area contributed by atoms with Gasteiger partial charge in [0.15, 0.2) is 5.78 Å². The molecule has 1 aliphatic heterocycles. The van der Waals surface area contributed by atoms with Crippen molar-refractivity contribution >= 4 is 21.7 Å². The second-order valence-corrected chi connectivity index (χ2v) is 6.89. The number of carbonyl (C=O) groups is 1. The Morgan fingerprint density at radius 2 is 2.35 bits per heavy atom. The molecule has 1 N–H and O–H groups in total. The van der Waals surface area contributed by atoms with E-state index in [1.807, 2.05) is 18.8 Å². The van der Waals surface area contributed by atoms with Gasteiger partial charge in [-0.1, -0.05) is 6.92 Å². The fourth-order valence-corrected chi connectivity index (χ4v) is 3.06. The first-order chi connectivity index (χ1) is 9.44. The van der Waals surface area contributed by atoms with Gasteiger partial charge in [-0.25, -0.2) is 0 Å². The zero-order chi connectivity index (χ0) is 14.8. The van der Waals surface area contributed by atoms with E-state index in [0.717, 1.165) is 43.5 Å². The van der Waals surface area contributed by atoms with Crippen molar-refractivity contribution in [2.75, 3.05) is 33.7 Å². The first kappa shape index (κ1) is 15.7. The molecule has 1 aliphatic rings. The number of nitrogens with zero attached hydrogens (tertiary/aromatic N) is 3. The van der Waals surface area contributed by atoms with Crippen LogP contribution in [0.3, 0.4) is 0 Å². The van der Waals surface area contributed by atoms with Crippen LogP contribution in [0.2, 0.25) is 0 Å². The molecule has 0 bridgehead atoms. The van der Waals surface area contributed by atoms with Crippen LogP contribution in [-0.2, 0) is 6.54 Å². The number of piperidine rings is 1. The third-order valence-electron chi connectivity index (χ3n) is 3.91. The molecule has 20 heavy (non-hydrogen) atoms. The molecule has 1 aromatic rings. The number of hydrogen-bond donors (Lipinski definition) is 1. The minimum absolute atomic E-state index is 0.188. The van der Waals surface area contributed by atoms with Gasteiger partial charge in [-0.15, -0.1) is 0 Å². The number of nitrogens with one attached hydrogen (secondary N) is 1. The number of aromatic nitrogens is 2. The molecule has 0 aromatic carbocycles. The number of Topliss-reactive ketones (excluding diaryl/α,β-unsaturated/α-hetero) is 1. The number of halogens is 1. The Bertz CT molecular complexity index is 478. The van der Waals surface area contributed by atoms with Crippen LogP contribution in [0.5, 0.6) is 0 Å². The molecule has 112 valence electrons. The molecule has 0 spiro atoms. The van der Waals surface area contributed by atoms with Gasteiger partial charge in [-0.3, -0.25) is 9.48 Å². The van der Waals surface area contributed by atoms with Gasteiger partial charge in [-0.05, 0) is 49.4 Å². The van der Waals surface area contributed by atoms with Crippen molar-refractivity contribution in [3.05, 3.63) is 16.4 Å². The van der Waals surface area contributed by atoms with Gasteiger partial charge in [0.1, 0.15) is 5.69 Å². The van der Waals surface area contributed by atoms with Crippen LogP contribution in [0.4, 0.5) is 0 Å². The molecule has 0 amide bonds. The van der Waals surface area contributed by atoms with Gasteiger partial charge >= 0.3 is 0 Å². The number of likely N-dealkylation sites (N-methyl/N-ethyl adjacent to an activating group) is 1. The third kappa shape index (κ3) is 3.30. The van der Waals surface area contributed by atoms with Crippen LogP contribution in [0.1, 0.15) is 30.3 Å². The molecule has 0 aliphatic carbocycles. The predicted molar refractivity (Wildman–Crippen MR) is 83.0 cm³/mol. The molecule has 0 saturated carbocycles. The van der Waals surface area contributed by atoms with Crippen LogP contribution in [0.25, 0.3) is 0 Å². The highest BCUT2D eigenvalue weighted by atomic mass is 79.9. The van der Waals surface area contributed by atoms with E-state index in [0.29, 0.717) is 5.69 Å². The predicted octanol–water partition coefficient (Wildman–Crippen LogP) is 1.78. The first-order valence-electron chi connectivity index (χ1n) is 7.05.